The minimum atomic E-state index is -0.883. The van der Waals surface area contributed by atoms with Crippen LogP contribution in [0.25, 0.3) is 0 Å². The summed E-state index contributed by atoms with van der Waals surface area (Å²) < 4.78 is 28.2. The molecule has 0 aromatic heterocycles. The molecule has 2 aromatic carbocycles. The van der Waals surface area contributed by atoms with Gasteiger partial charge in [0.2, 0.25) is 0 Å². The molecule has 0 aliphatic carbocycles. The van der Waals surface area contributed by atoms with E-state index in [4.69, 9.17) is 16.1 Å². The molecule has 1 aliphatic heterocycles. The van der Waals surface area contributed by atoms with Crippen molar-refractivity contribution in [2.45, 2.75) is 72.0 Å². The summed E-state index contributed by atoms with van der Waals surface area (Å²) in [7, 11) is 0. The Morgan fingerprint density at radius 1 is 1.07 bits per heavy atom. The van der Waals surface area contributed by atoms with Gasteiger partial charge in [0, 0.05) is 30.2 Å². The van der Waals surface area contributed by atoms with Gasteiger partial charge in [-0.3, -0.25) is 31.7 Å². The first-order chi connectivity index (χ1) is 19.4. The first-order valence-electron chi connectivity index (χ1n) is 13.8. The summed E-state index contributed by atoms with van der Waals surface area (Å²) in [6.07, 6.45) is 2.36. The van der Waals surface area contributed by atoms with E-state index in [-0.39, 0.29) is 47.8 Å². The number of hydrogen-bond donors (Lipinski definition) is 5. The minimum Gasteiger partial charge on any atom is -0.388 e. The minimum absolute atomic E-state index is 0.000518. The molecule has 2 amide bonds. The van der Waals surface area contributed by atoms with Crippen LogP contribution < -0.4 is 22.7 Å². The van der Waals surface area contributed by atoms with Crippen molar-refractivity contribution in [3.05, 3.63) is 70.8 Å². The Labute approximate surface area is 241 Å². The molecule has 3 rings (SSSR count). The predicted octanol–water partition coefficient (Wildman–Crippen LogP) is 4.41. The fraction of sp³-hybridized carbons (Fsp3) is 0.467. The van der Waals surface area contributed by atoms with Gasteiger partial charge in [-0.1, -0.05) is 39.8 Å². The van der Waals surface area contributed by atoms with E-state index in [2.05, 4.69) is 37.8 Å². The number of carbonyl (C=O) groups excluding carboxylic acids is 2. The molecule has 1 heterocycles. The van der Waals surface area contributed by atoms with E-state index in [0.29, 0.717) is 24.3 Å². The molecule has 2 aromatic rings. The maximum absolute atomic E-state index is 14.1. The third-order valence-electron chi connectivity index (χ3n) is 7.16. The van der Waals surface area contributed by atoms with Crippen LogP contribution in [0, 0.1) is 28.9 Å². The van der Waals surface area contributed by atoms with Crippen LogP contribution in [0.2, 0.25) is 0 Å². The monoisotopic (exact) mass is 571 g/mol. The second kappa shape index (κ2) is 14.8. The summed E-state index contributed by atoms with van der Waals surface area (Å²) in [5.41, 5.74) is 5.89. The Morgan fingerprint density at radius 3 is 2.17 bits per heavy atom. The molecule has 8 N–H and O–H groups in total. The molecular weight excluding hydrogens is 528 g/mol. The SMILES string of the molecule is CCC1(CC(C)CC(C)C)N=C(c2cc(F)cc(F)c2)C(=O)N1C(C)c1ccc(C(=O)NCCC(=N)N)cc1.NN. The van der Waals surface area contributed by atoms with Crippen LogP contribution in [0.3, 0.4) is 0 Å². The summed E-state index contributed by atoms with van der Waals surface area (Å²) in [6.45, 7) is 10.6. The number of halogens is 2. The molecule has 0 fully saturated rings. The summed E-state index contributed by atoms with van der Waals surface area (Å²) in [5, 5.41) is 10.0. The van der Waals surface area contributed by atoms with Crippen LogP contribution in [0.5, 0.6) is 0 Å². The molecule has 41 heavy (non-hydrogen) atoms. The molecular formula is C30H43F2N7O2. The number of carbonyl (C=O) groups is 2. The molecule has 0 bridgehead atoms. The first kappa shape index (κ1) is 33.5. The van der Waals surface area contributed by atoms with Gasteiger partial charge in [-0.2, -0.15) is 0 Å². The van der Waals surface area contributed by atoms with Crippen LogP contribution >= 0.6 is 0 Å². The number of rotatable bonds is 12. The van der Waals surface area contributed by atoms with Gasteiger partial charge in [-0.25, -0.2) is 8.78 Å². The number of amides is 2. The van der Waals surface area contributed by atoms with Crippen molar-refractivity contribution in [2.75, 3.05) is 6.54 Å². The number of hydrogen-bond acceptors (Lipinski definition) is 6. The Balaban J connectivity index is 0.00000287. The predicted molar refractivity (Wildman–Crippen MR) is 158 cm³/mol. The summed E-state index contributed by atoms with van der Waals surface area (Å²) >= 11 is 0. The quantitative estimate of drug-likeness (QED) is 0.110. The number of hydrazine groups is 1. The number of aliphatic imine (C=N–C) groups is 1. The van der Waals surface area contributed by atoms with Crippen molar-refractivity contribution in [1.29, 1.82) is 5.41 Å². The van der Waals surface area contributed by atoms with Crippen molar-refractivity contribution >= 4 is 23.4 Å². The van der Waals surface area contributed by atoms with E-state index in [0.717, 1.165) is 30.2 Å². The number of benzene rings is 2. The van der Waals surface area contributed by atoms with Crippen LogP contribution in [0.1, 0.15) is 87.8 Å². The van der Waals surface area contributed by atoms with E-state index in [1.54, 1.807) is 29.2 Å². The van der Waals surface area contributed by atoms with Crippen molar-refractivity contribution in [3.8, 4) is 0 Å². The molecule has 3 atom stereocenters. The van der Waals surface area contributed by atoms with E-state index in [1.807, 2.05) is 13.8 Å². The maximum Gasteiger partial charge on any atom is 0.275 e. The average Bonchev–Trinajstić information content (AvgIpc) is 3.20. The molecule has 1 aliphatic rings. The highest BCUT2D eigenvalue weighted by molar-refractivity contribution is 6.46. The first-order valence-corrected chi connectivity index (χ1v) is 13.8. The normalized spacial score (nSPS) is 18.0. The lowest BCUT2D eigenvalue weighted by molar-refractivity contribution is -0.131. The number of nitrogens with one attached hydrogen (secondary N) is 2. The molecule has 3 unspecified atom stereocenters. The Morgan fingerprint density at radius 2 is 1.66 bits per heavy atom. The highest BCUT2D eigenvalue weighted by atomic mass is 19.1. The second-order valence-corrected chi connectivity index (χ2v) is 10.9. The Hall–Kier alpha value is -3.70. The average molecular weight is 572 g/mol. The van der Waals surface area contributed by atoms with Crippen molar-refractivity contribution < 1.29 is 18.4 Å². The van der Waals surface area contributed by atoms with Gasteiger partial charge in [0.25, 0.3) is 11.8 Å². The van der Waals surface area contributed by atoms with E-state index in [1.165, 1.54) is 0 Å². The Bertz CT molecular complexity index is 1230. The third-order valence-corrected chi connectivity index (χ3v) is 7.16. The van der Waals surface area contributed by atoms with E-state index in [9.17, 15) is 18.4 Å². The molecule has 224 valence electrons. The summed E-state index contributed by atoms with van der Waals surface area (Å²) in [6, 6.07) is 9.63. The van der Waals surface area contributed by atoms with Crippen molar-refractivity contribution in [3.63, 3.8) is 0 Å². The van der Waals surface area contributed by atoms with Crippen molar-refractivity contribution in [1.82, 2.24) is 10.2 Å². The lowest BCUT2D eigenvalue weighted by Crippen LogP contribution is -2.48. The summed E-state index contributed by atoms with van der Waals surface area (Å²) in [5.74, 6) is 6.53. The zero-order valence-corrected chi connectivity index (χ0v) is 24.5. The van der Waals surface area contributed by atoms with Crippen LogP contribution in [0.4, 0.5) is 8.78 Å². The zero-order valence-electron chi connectivity index (χ0n) is 24.5. The number of nitrogens with two attached hydrogens (primary N) is 3. The zero-order chi connectivity index (χ0) is 30.9. The number of amidine groups is 1. The van der Waals surface area contributed by atoms with Crippen molar-refractivity contribution in [2.24, 2.45) is 34.2 Å². The lowest BCUT2D eigenvalue weighted by Gasteiger charge is -2.41. The smallest absolute Gasteiger partial charge is 0.275 e. The standard InChI is InChI=1S/C30H39F2N5O2.H4N2/c1-6-30(17-19(4)13-18(2)3)36-27(23-14-24(31)16-25(32)15-23)29(39)37(30)20(5)21-7-9-22(10-8-21)28(38)35-12-11-26(33)34;1-2/h7-10,14-16,18-20H,6,11-13,17H2,1-5H3,(H3,33,34)(H,35,38);1-2H2. The lowest BCUT2D eigenvalue weighted by atomic mass is 9.86. The van der Waals surface area contributed by atoms with Crippen LogP contribution in [-0.2, 0) is 4.79 Å². The Kier molecular flexibility index (Phi) is 12.1. The highest BCUT2D eigenvalue weighted by Crippen LogP contribution is 2.42. The van der Waals surface area contributed by atoms with Crippen LogP contribution in [-0.4, -0.2) is 40.5 Å². The van der Waals surface area contributed by atoms with E-state index < -0.39 is 23.3 Å². The van der Waals surface area contributed by atoms with E-state index >= 15 is 0 Å². The topological polar surface area (TPSA) is 164 Å². The van der Waals surface area contributed by atoms with Gasteiger partial charge >= 0.3 is 0 Å². The summed E-state index contributed by atoms with van der Waals surface area (Å²) in [4.78, 5) is 33.0. The highest BCUT2D eigenvalue weighted by Gasteiger charge is 2.49. The van der Waals surface area contributed by atoms with Gasteiger partial charge in [0.15, 0.2) is 0 Å². The molecule has 0 saturated heterocycles. The third kappa shape index (κ3) is 8.40. The molecule has 9 nitrogen and oxygen atoms in total. The van der Waals surface area contributed by atoms with Gasteiger partial charge in [-0.15, -0.1) is 0 Å². The fourth-order valence-electron chi connectivity index (χ4n) is 5.49. The molecule has 0 saturated carbocycles. The van der Waals surface area contributed by atoms with Gasteiger partial charge in [0.1, 0.15) is 23.0 Å². The van der Waals surface area contributed by atoms with Gasteiger partial charge in [-0.05, 0) is 67.9 Å². The largest absolute Gasteiger partial charge is 0.388 e. The molecule has 0 radical (unpaired) electrons. The van der Waals surface area contributed by atoms with Gasteiger partial charge in [0.05, 0.1) is 11.9 Å². The number of nitrogens with zero attached hydrogens (tertiary/aromatic N) is 2. The van der Waals surface area contributed by atoms with Gasteiger partial charge < -0.3 is 16.0 Å². The molecule has 0 spiro atoms. The molecule has 11 heteroatoms. The maximum atomic E-state index is 14.1. The fourth-order valence-corrected chi connectivity index (χ4v) is 5.49. The second-order valence-electron chi connectivity index (χ2n) is 10.9. The van der Waals surface area contributed by atoms with Crippen LogP contribution in [0.15, 0.2) is 47.5 Å².